The summed E-state index contributed by atoms with van der Waals surface area (Å²) in [5.41, 5.74) is 2.25. The molecule has 2 rings (SSSR count). The zero-order valence-electron chi connectivity index (χ0n) is 9.78. The monoisotopic (exact) mass is 261 g/mol. The van der Waals surface area contributed by atoms with Crippen molar-refractivity contribution in [2.45, 2.75) is 6.42 Å². The molecule has 2 aromatic heterocycles. The number of rotatable bonds is 4. The highest BCUT2D eigenvalue weighted by molar-refractivity contribution is 7.92. The van der Waals surface area contributed by atoms with Crippen LogP contribution in [-0.2, 0) is 16.3 Å². The molecule has 0 aliphatic carbocycles. The van der Waals surface area contributed by atoms with Gasteiger partial charge in [0.2, 0.25) is 0 Å². The van der Waals surface area contributed by atoms with E-state index in [4.69, 9.17) is 0 Å². The molecule has 0 bridgehead atoms. The minimum Gasteiger partial charge on any atom is -0.255 e. The number of hydrogen-bond donors (Lipinski definition) is 0. The first-order valence-electron chi connectivity index (χ1n) is 5.48. The smallest absolute Gasteiger partial charge is 0.151 e. The lowest BCUT2D eigenvalue weighted by Gasteiger charge is -2.03. The molecule has 0 N–H and O–H groups in total. The number of sulfone groups is 1. The van der Waals surface area contributed by atoms with Crippen LogP contribution in [-0.4, -0.2) is 24.1 Å². The van der Waals surface area contributed by atoms with Crippen molar-refractivity contribution in [1.82, 2.24) is 9.97 Å². The lowest BCUT2D eigenvalue weighted by molar-refractivity contribution is 0.603. The molecule has 0 atom stereocenters. The Kier molecular flexibility index (Phi) is 3.72. The fourth-order valence-electron chi connectivity index (χ4n) is 1.54. The Balaban J connectivity index is 2.21. The van der Waals surface area contributed by atoms with Crippen LogP contribution < -0.4 is 0 Å². The molecule has 0 aliphatic rings. The SMILES string of the molecule is [CH2]S(=O)(=O)CCc1cccc(-c2ccccn2)n1. The third kappa shape index (κ3) is 3.63. The maximum atomic E-state index is 11.0. The van der Waals surface area contributed by atoms with Gasteiger partial charge in [-0.1, -0.05) is 12.1 Å². The first-order chi connectivity index (χ1) is 8.54. The lowest BCUT2D eigenvalue weighted by atomic mass is 10.2. The molecule has 0 aromatic carbocycles. The predicted octanol–water partition coefficient (Wildman–Crippen LogP) is 1.89. The zero-order chi connectivity index (χ0) is 13.0. The van der Waals surface area contributed by atoms with Gasteiger partial charge in [-0.05, 0) is 24.3 Å². The average Bonchev–Trinajstić information content (AvgIpc) is 2.37. The Hall–Kier alpha value is -1.75. The van der Waals surface area contributed by atoms with E-state index in [1.165, 1.54) is 0 Å². The molecule has 0 amide bonds. The molecular formula is C13H13N2O2S. The normalized spacial score (nSPS) is 11.4. The zero-order valence-corrected chi connectivity index (χ0v) is 10.6. The molecule has 18 heavy (non-hydrogen) atoms. The van der Waals surface area contributed by atoms with Crippen LogP contribution in [0.15, 0.2) is 42.6 Å². The predicted molar refractivity (Wildman–Crippen MR) is 70.3 cm³/mol. The Labute approximate surface area is 107 Å². The number of hydrogen-bond acceptors (Lipinski definition) is 4. The minimum absolute atomic E-state index is 0.00563. The highest BCUT2D eigenvalue weighted by Crippen LogP contribution is 2.14. The molecule has 2 heterocycles. The summed E-state index contributed by atoms with van der Waals surface area (Å²) in [6.45, 7) is 0. The van der Waals surface area contributed by atoms with Gasteiger partial charge in [0.15, 0.2) is 9.84 Å². The summed E-state index contributed by atoms with van der Waals surface area (Å²) in [6.07, 6.45) is 5.16. The first kappa shape index (κ1) is 12.7. The van der Waals surface area contributed by atoms with Crippen LogP contribution in [0.2, 0.25) is 0 Å². The van der Waals surface area contributed by atoms with Crippen LogP contribution in [0.25, 0.3) is 11.4 Å². The molecule has 1 radical (unpaired) electrons. The van der Waals surface area contributed by atoms with Gasteiger partial charge in [0, 0.05) is 18.3 Å². The van der Waals surface area contributed by atoms with Crippen molar-refractivity contribution in [2.24, 2.45) is 0 Å². The molecule has 0 aliphatic heterocycles. The van der Waals surface area contributed by atoms with Crippen molar-refractivity contribution < 1.29 is 8.42 Å². The van der Waals surface area contributed by atoms with Crippen molar-refractivity contribution >= 4 is 9.84 Å². The van der Waals surface area contributed by atoms with Gasteiger partial charge >= 0.3 is 0 Å². The Morgan fingerprint density at radius 3 is 2.50 bits per heavy atom. The van der Waals surface area contributed by atoms with Crippen molar-refractivity contribution in [2.75, 3.05) is 5.75 Å². The number of aromatic nitrogens is 2. The fraction of sp³-hybridized carbons (Fsp3) is 0.154. The van der Waals surface area contributed by atoms with Crippen molar-refractivity contribution in [1.29, 1.82) is 0 Å². The van der Waals surface area contributed by atoms with Gasteiger partial charge in [-0.2, -0.15) is 0 Å². The van der Waals surface area contributed by atoms with Gasteiger partial charge in [0.05, 0.1) is 23.4 Å². The molecule has 93 valence electrons. The molecule has 0 spiro atoms. The highest BCUT2D eigenvalue weighted by atomic mass is 32.2. The van der Waals surface area contributed by atoms with E-state index in [9.17, 15) is 8.42 Å². The topological polar surface area (TPSA) is 59.9 Å². The summed E-state index contributed by atoms with van der Waals surface area (Å²) in [5.74, 6) is 0.00563. The molecule has 0 fully saturated rings. The van der Waals surface area contributed by atoms with Crippen LogP contribution in [0.3, 0.4) is 0 Å². The van der Waals surface area contributed by atoms with E-state index in [1.54, 1.807) is 12.3 Å². The van der Waals surface area contributed by atoms with Crippen LogP contribution in [0.4, 0.5) is 0 Å². The molecule has 5 heteroatoms. The molecular weight excluding hydrogens is 248 g/mol. The third-order valence-electron chi connectivity index (χ3n) is 2.40. The molecule has 0 unspecified atom stereocenters. The average molecular weight is 261 g/mol. The number of pyridine rings is 2. The second-order valence-electron chi connectivity index (χ2n) is 3.93. The number of nitrogens with zero attached hydrogens (tertiary/aromatic N) is 2. The van der Waals surface area contributed by atoms with Gasteiger partial charge in [-0.3, -0.25) is 9.97 Å². The Morgan fingerprint density at radius 2 is 1.83 bits per heavy atom. The van der Waals surface area contributed by atoms with Crippen molar-refractivity contribution in [3.63, 3.8) is 0 Å². The minimum atomic E-state index is -3.21. The standard InChI is InChI=1S/C13H13N2O2S/c1-18(16,17)10-8-11-5-4-7-13(15-11)12-6-2-3-9-14-12/h2-7,9H,1,8,10H2. The third-order valence-corrected chi connectivity index (χ3v) is 3.23. The summed E-state index contributed by atoms with van der Waals surface area (Å²) in [4.78, 5) is 8.60. The van der Waals surface area contributed by atoms with Crippen LogP contribution in [0.5, 0.6) is 0 Å². The number of aryl methyl sites for hydroxylation is 1. The first-order valence-corrected chi connectivity index (χ1v) is 7.30. The molecule has 2 aromatic rings. The second-order valence-corrected chi connectivity index (χ2v) is 5.82. The van der Waals surface area contributed by atoms with Crippen molar-refractivity contribution in [3.05, 3.63) is 54.5 Å². The van der Waals surface area contributed by atoms with Gasteiger partial charge in [-0.25, -0.2) is 8.42 Å². The summed E-state index contributed by atoms with van der Waals surface area (Å²) in [5, 5.41) is 0. The van der Waals surface area contributed by atoms with Gasteiger partial charge in [0.1, 0.15) is 0 Å². The summed E-state index contributed by atoms with van der Waals surface area (Å²) in [7, 11) is -3.21. The van der Waals surface area contributed by atoms with E-state index in [-0.39, 0.29) is 5.75 Å². The van der Waals surface area contributed by atoms with Gasteiger partial charge in [0.25, 0.3) is 0 Å². The fourth-order valence-corrected chi connectivity index (χ4v) is 2.06. The molecule has 0 saturated heterocycles. The van der Waals surface area contributed by atoms with Crippen LogP contribution in [0.1, 0.15) is 5.69 Å². The van der Waals surface area contributed by atoms with Crippen LogP contribution in [0, 0.1) is 6.26 Å². The largest absolute Gasteiger partial charge is 0.255 e. The van der Waals surface area contributed by atoms with Gasteiger partial charge < -0.3 is 0 Å². The maximum absolute atomic E-state index is 11.0. The lowest BCUT2D eigenvalue weighted by Crippen LogP contribution is -2.05. The Morgan fingerprint density at radius 1 is 1.06 bits per heavy atom. The van der Waals surface area contributed by atoms with E-state index in [1.807, 2.05) is 30.3 Å². The van der Waals surface area contributed by atoms with Crippen LogP contribution >= 0.6 is 0 Å². The summed E-state index contributed by atoms with van der Waals surface area (Å²) < 4.78 is 22.0. The summed E-state index contributed by atoms with van der Waals surface area (Å²) in [6, 6.07) is 11.1. The van der Waals surface area contributed by atoms with Crippen molar-refractivity contribution in [3.8, 4) is 11.4 Å². The van der Waals surface area contributed by atoms with Gasteiger partial charge in [-0.15, -0.1) is 0 Å². The van der Waals surface area contributed by atoms with E-state index in [0.29, 0.717) is 6.42 Å². The van der Waals surface area contributed by atoms with E-state index in [0.717, 1.165) is 17.1 Å². The highest BCUT2D eigenvalue weighted by Gasteiger charge is 2.06. The maximum Gasteiger partial charge on any atom is 0.151 e. The van der Waals surface area contributed by atoms with E-state index >= 15 is 0 Å². The second kappa shape index (κ2) is 5.27. The van der Waals surface area contributed by atoms with E-state index in [2.05, 4.69) is 16.2 Å². The molecule has 4 nitrogen and oxygen atoms in total. The summed E-state index contributed by atoms with van der Waals surface area (Å²) >= 11 is 0. The Bertz CT molecular complexity index is 624. The van der Waals surface area contributed by atoms with E-state index < -0.39 is 9.84 Å². The molecule has 0 saturated carbocycles. The quantitative estimate of drug-likeness (QED) is 0.843.